The fraction of sp³-hybridized carbons (Fsp3) is 0.500. The number of anilines is 1. The molecule has 0 aliphatic rings. The minimum absolute atomic E-state index is 0.744. The van der Waals surface area contributed by atoms with Crippen molar-refractivity contribution in [3.63, 3.8) is 0 Å². The monoisotopic (exact) mass is 259 g/mol. The van der Waals surface area contributed by atoms with E-state index in [0.29, 0.717) is 0 Å². The Balaban J connectivity index is 2.64. The minimum Gasteiger partial charge on any atom is -0.384 e. The summed E-state index contributed by atoms with van der Waals surface area (Å²) < 4.78 is 1.75. The molecule has 2 heterocycles. The van der Waals surface area contributed by atoms with Gasteiger partial charge in [0.2, 0.25) is 0 Å². The molecule has 2 aromatic heterocycles. The molecule has 0 amide bonds. The Morgan fingerprint density at radius 1 is 1.26 bits per heavy atom. The summed E-state index contributed by atoms with van der Waals surface area (Å²) in [4.78, 5) is 0. The van der Waals surface area contributed by atoms with Gasteiger partial charge in [-0.15, -0.1) is 0 Å². The van der Waals surface area contributed by atoms with Gasteiger partial charge in [0.25, 0.3) is 0 Å². The summed E-state index contributed by atoms with van der Waals surface area (Å²) >= 11 is 0. The summed E-state index contributed by atoms with van der Waals surface area (Å²) in [6, 6.07) is 2.05. The molecule has 2 rings (SSSR count). The van der Waals surface area contributed by atoms with Crippen molar-refractivity contribution in [2.45, 2.75) is 40.0 Å². The molecule has 19 heavy (non-hydrogen) atoms. The fourth-order valence-corrected chi connectivity index (χ4v) is 2.27. The van der Waals surface area contributed by atoms with Crippen LogP contribution in [-0.2, 0) is 19.9 Å². The zero-order valence-electron chi connectivity index (χ0n) is 12.1. The quantitative estimate of drug-likeness (QED) is 0.914. The average molecular weight is 259 g/mol. The molecular weight excluding hydrogens is 238 g/mol. The van der Waals surface area contributed by atoms with E-state index in [9.17, 15) is 0 Å². The first-order chi connectivity index (χ1) is 9.08. The Bertz CT molecular complexity index is 586. The predicted octanol–water partition coefficient (Wildman–Crippen LogP) is 2.28. The molecule has 2 aromatic rings. The van der Waals surface area contributed by atoms with Gasteiger partial charge in [-0.2, -0.15) is 15.3 Å². The van der Waals surface area contributed by atoms with E-state index < -0.39 is 0 Å². The molecule has 0 saturated carbocycles. The lowest BCUT2D eigenvalue weighted by molar-refractivity contribution is 0.779. The first-order valence-corrected chi connectivity index (χ1v) is 6.73. The first kappa shape index (κ1) is 13.5. The highest BCUT2D eigenvalue weighted by Gasteiger charge is 2.18. The molecule has 0 spiro atoms. The third-order valence-corrected chi connectivity index (χ3v) is 3.28. The maximum absolute atomic E-state index is 6.12. The Hall–Kier alpha value is -1.91. The highest BCUT2D eigenvalue weighted by molar-refractivity contribution is 5.70. The molecule has 0 fully saturated rings. The van der Waals surface area contributed by atoms with Gasteiger partial charge in [0.1, 0.15) is 5.82 Å². The second-order valence-corrected chi connectivity index (χ2v) is 4.79. The van der Waals surface area contributed by atoms with Gasteiger partial charge in [-0.05, 0) is 25.8 Å². The van der Waals surface area contributed by atoms with Crippen molar-refractivity contribution in [3.8, 4) is 11.3 Å². The zero-order chi connectivity index (χ0) is 14.0. The summed E-state index contributed by atoms with van der Waals surface area (Å²) in [6.45, 7) is 6.17. The smallest absolute Gasteiger partial charge is 0.125 e. The van der Waals surface area contributed by atoms with Crippen molar-refractivity contribution >= 4 is 5.82 Å². The van der Waals surface area contributed by atoms with Crippen molar-refractivity contribution in [1.29, 1.82) is 0 Å². The molecule has 5 heteroatoms. The van der Waals surface area contributed by atoms with Crippen LogP contribution in [0, 0.1) is 6.92 Å². The van der Waals surface area contributed by atoms with Crippen LogP contribution in [0.3, 0.4) is 0 Å². The predicted molar refractivity (Wildman–Crippen MR) is 76.8 cm³/mol. The number of rotatable bonds is 4. The third-order valence-electron chi connectivity index (χ3n) is 3.28. The summed E-state index contributed by atoms with van der Waals surface area (Å²) in [5.41, 5.74) is 11.1. The average Bonchev–Trinajstić information content (AvgIpc) is 2.67. The van der Waals surface area contributed by atoms with Gasteiger partial charge in [-0.25, -0.2) is 0 Å². The Labute approximate surface area is 113 Å². The van der Waals surface area contributed by atoms with Crippen molar-refractivity contribution in [2.75, 3.05) is 5.73 Å². The van der Waals surface area contributed by atoms with Crippen LogP contribution in [0.5, 0.6) is 0 Å². The minimum atomic E-state index is 0.744. The molecule has 0 unspecified atom stereocenters. The standard InChI is InChI=1S/C14H21N5/c1-5-7-10-13(18-19(4)14(10)15)11-8-9(3)16-17-12(11)6-2/h8H,5-7,15H2,1-4H3. The SMILES string of the molecule is CCCc1c(-c2cc(C)nnc2CC)nn(C)c1N. The van der Waals surface area contributed by atoms with E-state index in [0.717, 1.165) is 53.3 Å². The van der Waals surface area contributed by atoms with Crippen LogP contribution in [0.2, 0.25) is 0 Å². The number of hydrogen-bond donors (Lipinski definition) is 1. The van der Waals surface area contributed by atoms with E-state index in [1.54, 1.807) is 4.68 Å². The van der Waals surface area contributed by atoms with Crippen molar-refractivity contribution in [1.82, 2.24) is 20.0 Å². The highest BCUT2D eigenvalue weighted by atomic mass is 15.3. The number of aromatic nitrogens is 4. The van der Waals surface area contributed by atoms with Crippen LogP contribution in [-0.4, -0.2) is 20.0 Å². The molecular formula is C14H21N5. The molecule has 0 saturated heterocycles. The van der Waals surface area contributed by atoms with Gasteiger partial charge in [-0.1, -0.05) is 20.3 Å². The van der Waals surface area contributed by atoms with E-state index in [1.165, 1.54) is 0 Å². The van der Waals surface area contributed by atoms with Crippen LogP contribution >= 0.6 is 0 Å². The van der Waals surface area contributed by atoms with Gasteiger partial charge in [0, 0.05) is 18.2 Å². The first-order valence-electron chi connectivity index (χ1n) is 6.73. The maximum atomic E-state index is 6.12. The number of nitrogen functional groups attached to an aromatic ring is 1. The normalized spacial score (nSPS) is 10.9. The van der Waals surface area contributed by atoms with Crippen LogP contribution in [0.15, 0.2) is 6.07 Å². The lowest BCUT2D eigenvalue weighted by atomic mass is 10.0. The molecule has 0 atom stereocenters. The van der Waals surface area contributed by atoms with Gasteiger partial charge >= 0.3 is 0 Å². The second kappa shape index (κ2) is 5.38. The molecule has 2 N–H and O–H groups in total. The topological polar surface area (TPSA) is 69.6 Å². The molecule has 102 valence electrons. The van der Waals surface area contributed by atoms with E-state index in [1.807, 2.05) is 20.0 Å². The third kappa shape index (κ3) is 2.45. The Morgan fingerprint density at radius 2 is 2.00 bits per heavy atom. The molecule has 0 bridgehead atoms. The molecule has 0 aromatic carbocycles. The van der Waals surface area contributed by atoms with E-state index in [4.69, 9.17) is 5.73 Å². The van der Waals surface area contributed by atoms with Crippen molar-refractivity contribution in [3.05, 3.63) is 23.0 Å². The number of nitrogens with two attached hydrogens (primary N) is 1. The number of aryl methyl sites for hydroxylation is 3. The maximum Gasteiger partial charge on any atom is 0.125 e. The van der Waals surface area contributed by atoms with Crippen LogP contribution in [0.25, 0.3) is 11.3 Å². The van der Waals surface area contributed by atoms with Crippen molar-refractivity contribution < 1.29 is 0 Å². The van der Waals surface area contributed by atoms with Crippen LogP contribution < -0.4 is 5.73 Å². The van der Waals surface area contributed by atoms with Gasteiger partial charge in [0.05, 0.1) is 17.1 Å². The second-order valence-electron chi connectivity index (χ2n) is 4.79. The molecule has 0 aliphatic carbocycles. The molecule has 5 nitrogen and oxygen atoms in total. The summed E-state index contributed by atoms with van der Waals surface area (Å²) in [6.07, 6.45) is 2.81. The van der Waals surface area contributed by atoms with E-state index in [2.05, 4.69) is 29.1 Å². The number of hydrogen-bond acceptors (Lipinski definition) is 4. The molecule has 0 radical (unpaired) electrons. The lowest BCUT2D eigenvalue weighted by Crippen LogP contribution is -2.00. The van der Waals surface area contributed by atoms with Gasteiger partial charge in [-0.3, -0.25) is 4.68 Å². The summed E-state index contributed by atoms with van der Waals surface area (Å²) in [5, 5.41) is 13.0. The Kier molecular flexibility index (Phi) is 3.83. The molecule has 0 aliphatic heterocycles. The number of nitrogens with zero attached hydrogens (tertiary/aromatic N) is 4. The van der Waals surface area contributed by atoms with E-state index in [-0.39, 0.29) is 0 Å². The van der Waals surface area contributed by atoms with Gasteiger partial charge < -0.3 is 5.73 Å². The fourth-order valence-electron chi connectivity index (χ4n) is 2.27. The largest absolute Gasteiger partial charge is 0.384 e. The van der Waals surface area contributed by atoms with E-state index >= 15 is 0 Å². The summed E-state index contributed by atoms with van der Waals surface area (Å²) in [5.74, 6) is 0.744. The van der Waals surface area contributed by atoms with Gasteiger partial charge in [0.15, 0.2) is 0 Å². The summed E-state index contributed by atoms with van der Waals surface area (Å²) in [7, 11) is 1.88. The highest BCUT2D eigenvalue weighted by Crippen LogP contribution is 2.30. The van der Waals surface area contributed by atoms with Crippen LogP contribution in [0.4, 0.5) is 5.82 Å². The van der Waals surface area contributed by atoms with Crippen molar-refractivity contribution in [2.24, 2.45) is 7.05 Å². The van der Waals surface area contributed by atoms with Crippen LogP contribution in [0.1, 0.15) is 37.2 Å². The lowest BCUT2D eigenvalue weighted by Gasteiger charge is -2.07. The zero-order valence-corrected chi connectivity index (χ0v) is 12.1. The Morgan fingerprint density at radius 3 is 2.63 bits per heavy atom.